The second-order valence-corrected chi connectivity index (χ2v) is 2.13. The number of halogens is 1. The van der Waals surface area contributed by atoms with Crippen LogP contribution in [0.25, 0.3) is 0 Å². The second-order valence-electron chi connectivity index (χ2n) is 0.527. The molecule has 0 aliphatic heterocycles. The fourth-order valence-corrected chi connectivity index (χ4v) is 0. The van der Waals surface area contributed by atoms with Crippen LogP contribution >= 0.6 is 36.4 Å². The van der Waals surface area contributed by atoms with Crippen LogP contribution in [0.4, 0.5) is 0 Å². The van der Waals surface area contributed by atoms with Gasteiger partial charge in [0, 0.05) is 0 Å². The molecule has 0 saturated heterocycles. The maximum absolute atomic E-state index is 5.12. The first-order valence-electron chi connectivity index (χ1n) is 1.05. The Morgan fingerprint density at radius 1 is 2.00 bits per heavy atom. The Labute approximate surface area is 46.9 Å². The molecule has 0 nitrogen and oxygen atoms in total. The van der Waals surface area contributed by atoms with E-state index in [9.17, 15) is 0 Å². The second kappa shape index (κ2) is 2.94. The van der Waals surface area contributed by atoms with E-state index < -0.39 is 0 Å². The van der Waals surface area contributed by atoms with Crippen LogP contribution in [0.5, 0.6) is 0 Å². The minimum Gasteiger partial charge on any atom is -0.135 e. The van der Waals surface area contributed by atoms with Crippen molar-refractivity contribution in [2.75, 3.05) is 5.88 Å². The third-order valence-electron chi connectivity index (χ3n) is 0.114. The lowest BCUT2D eigenvalue weighted by Crippen LogP contribution is -1.76. The van der Waals surface area contributed by atoms with Crippen LogP contribution in [0.2, 0.25) is 0 Å². The van der Waals surface area contributed by atoms with Crippen molar-refractivity contribution in [1.29, 1.82) is 0 Å². The minimum atomic E-state index is 0.373. The lowest BCUT2D eigenvalue weighted by Gasteiger charge is -1.73. The van der Waals surface area contributed by atoms with Crippen LogP contribution in [0.3, 0.4) is 0 Å². The van der Waals surface area contributed by atoms with Gasteiger partial charge in [-0.05, 0) is 0 Å². The Balaban J connectivity index is 2.85. The molecule has 0 atom stereocenters. The monoisotopic (exact) mass is 126 g/mol. The molecule has 5 heavy (non-hydrogen) atoms. The largest absolute Gasteiger partial charge is 0.135 e. The molecule has 0 aliphatic carbocycles. The molecular weight excluding hydrogens is 124 g/mol. The highest BCUT2D eigenvalue weighted by molar-refractivity contribution is 8.11. The highest BCUT2D eigenvalue weighted by atomic mass is 35.5. The molecule has 0 spiro atoms. The van der Waals surface area contributed by atoms with Gasteiger partial charge in [0.05, 0.1) is 10.1 Å². The summed E-state index contributed by atoms with van der Waals surface area (Å²) in [4.78, 5) is 0. The zero-order valence-electron chi connectivity index (χ0n) is 2.44. The van der Waals surface area contributed by atoms with Crippen molar-refractivity contribution in [3.63, 3.8) is 0 Å². The molecule has 0 N–H and O–H groups in total. The summed E-state index contributed by atoms with van der Waals surface area (Å²) in [7, 11) is 0. The molecule has 0 fully saturated rings. The van der Waals surface area contributed by atoms with Gasteiger partial charge >= 0.3 is 0 Å². The molecule has 0 aromatic rings. The predicted octanol–water partition coefficient (Wildman–Crippen LogP) is 1.48. The van der Waals surface area contributed by atoms with E-state index in [2.05, 4.69) is 24.8 Å². The molecule has 0 aromatic heterocycles. The van der Waals surface area contributed by atoms with E-state index in [0.717, 1.165) is 0 Å². The number of hydrogen-bond acceptors (Lipinski definition) is 1. The molecule has 30 valence electrons. The summed E-state index contributed by atoms with van der Waals surface area (Å²) in [5.74, 6) is 0.373. The summed E-state index contributed by atoms with van der Waals surface area (Å²) in [6.45, 7) is 0. The van der Waals surface area contributed by atoms with Crippen molar-refractivity contribution >= 4 is 40.6 Å². The summed E-state index contributed by atoms with van der Waals surface area (Å²) in [6, 6.07) is 0. The van der Waals surface area contributed by atoms with Gasteiger partial charge in [0.1, 0.15) is 0 Å². The van der Waals surface area contributed by atoms with Crippen LogP contribution in [0.15, 0.2) is 0 Å². The van der Waals surface area contributed by atoms with Crippen LogP contribution < -0.4 is 0 Å². The Hall–Kier alpha value is 0.730. The van der Waals surface area contributed by atoms with Gasteiger partial charge in [0.2, 0.25) is 0 Å². The zero-order valence-corrected chi connectivity index (χ0v) is 4.91. The summed E-state index contributed by atoms with van der Waals surface area (Å²) >= 11 is 13.2. The molecule has 0 heterocycles. The highest BCUT2D eigenvalue weighted by Gasteiger charge is 1.74. The number of alkyl halides is 1. The van der Waals surface area contributed by atoms with Crippen molar-refractivity contribution in [2.45, 2.75) is 0 Å². The number of thiol groups is 1. The molecule has 0 rings (SSSR count). The smallest absolute Gasteiger partial charge is 0.0634 e. The Kier molecular flexibility index (Phi) is 3.37. The lowest BCUT2D eigenvalue weighted by molar-refractivity contribution is 2.11. The highest BCUT2D eigenvalue weighted by Crippen LogP contribution is 1.84. The van der Waals surface area contributed by atoms with E-state index >= 15 is 0 Å². The van der Waals surface area contributed by atoms with E-state index in [0.29, 0.717) is 10.1 Å². The molecule has 0 aliphatic rings. The third-order valence-corrected chi connectivity index (χ3v) is 1.03. The van der Waals surface area contributed by atoms with E-state index in [1.807, 2.05) is 0 Å². The van der Waals surface area contributed by atoms with Gasteiger partial charge in [0.15, 0.2) is 0 Å². The van der Waals surface area contributed by atoms with Gasteiger partial charge in [-0.2, -0.15) is 0 Å². The summed E-state index contributed by atoms with van der Waals surface area (Å²) in [5, 5.41) is 0. The Morgan fingerprint density at radius 2 is 2.20 bits per heavy atom. The normalized spacial score (nSPS) is 7.60. The van der Waals surface area contributed by atoms with Crippen LogP contribution in [0, 0.1) is 0 Å². The lowest BCUT2D eigenvalue weighted by atomic mass is 11.0. The van der Waals surface area contributed by atoms with Crippen molar-refractivity contribution in [3.8, 4) is 0 Å². The molecule has 0 radical (unpaired) electrons. The van der Waals surface area contributed by atoms with Crippen LogP contribution in [0.1, 0.15) is 0 Å². The average molecular weight is 127 g/mol. The average Bonchev–Trinajstić information content (AvgIpc) is 1.38. The van der Waals surface area contributed by atoms with Crippen molar-refractivity contribution < 1.29 is 0 Å². The maximum atomic E-state index is 5.12. The van der Waals surface area contributed by atoms with Gasteiger partial charge in [-0.25, -0.2) is 0 Å². The van der Waals surface area contributed by atoms with Crippen LogP contribution in [-0.2, 0) is 0 Å². The fourth-order valence-electron chi connectivity index (χ4n) is 0. The topological polar surface area (TPSA) is 0 Å². The SMILES string of the molecule is S=C(S)CCl. The van der Waals surface area contributed by atoms with Crippen molar-refractivity contribution in [2.24, 2.45) is 0 Å². The Morgan fingerprint density at radius 3 is 2.20 bits per heavy atom. The fraction of sp³-hybridized carbons (Fsp3) is 0.500. The van der Waals surface area contributed by atoms with E-state index in [1.165, 1.54) is 0 Å². The molecule has 0 amide bonds. The molecule has 0 saturated carbocycles. The standard InChI is InChI=1S/C2H3ClS2/c3-1-2(4)5/h1H2,(H,4,5). The van der Waals surface area contributed by atoms with Gasteiger partial charge in [-0.3, -0.25) is 0 Å². The molecule has 0 unspecified atom stereocenters. The first kappa shape index (κ1) is 5.73. The number of hydrogen-bond donors (Lipinski definition) is 1. The number of thiocarbonyl (C=S) groups is 1. The van der Waals surface area contributed by atoms with E-state index in [4.69, 9.17) is 11.6 Å². The van der Waals surface area contributed by atoms with Gasteiger partial charge < -0.3 is 0 Å². The minimum absolute atomic E-state index is 0.373. The van der Waals surface area contributed by atoms with Gasteiger partial charge in [-0.15, -0.1) is 24.2 Å². The Bertz CT molecular complexity index is 42.9. The van der Waals surface area contributed by atoms with Crippen molar-refractivity contribution in [1.82, 2.24) is 0 Å². The molecule has 3 heteroatoms. The third kappa shape index (κ3) is 4.73. The number of rotatable bonds is 1. The van der Waals surface area contributed by atoms with Gasteiger partial charge in [-0.1, -0.05) is 12.2 Å². The van der Waals surface area contributed by atoms with Crippen LogP contribution in [-0.4, -0.2) is 10.1 Å². The molecule has 0 bridgehead atoms. The first-order chi connectivity index (χ1) is 2.27. The predicted molar refractivity (Wildman–Crippen MR) is 32.3 cm³/mol. The van der Waals surface area contributed by atoms with E-state index in [-0.39, 0.29) is 0 Å². The zero-order chi connectivity index (χ0) is 4.28. The first-order valence-corrected chi connectivity index (χ1v) is 2.44. The molecular formula is C2H3ClS2. The summed E-state index contributed by atoms with van der Waals surface area (Å²) < 4.78 is 0.548. The summed E-state index contributed by atoms with van der Waals surface area (Å²) in [6.07, 6.45) is 0. The summed E-state index contributed by atoms with van der Waals surface area (Å²) in [5.41, 5.74) is 0. The van der Waals surface area contributed by atoms with E-state index in [1.54, 1.807) is 0 Å². The maximum Gasteiger partial charge on any atom is 0.0634 e. The quantitative estimate of drug-likeness (QED) is 0.316. The van der Waals surface area contributed by atoms with Crippen molar-refractivity contribution in [3.05, 3.63) is 0 Å². The van der Waals surface area contributed by atoms with Gasteiger partial charge in [0.25, 0.3) is 0 Å². The molecule has 0 aromatic carbocycles.